The highest BCUT2D eigenvalue weighted by Gasteiger charge is 2.11. The number of benzene rings is 1. The summed E-state index contributed by atoms with van der Waals surface area (Å²) in [6, 6.07) is 5.54. The molecule has 1 aromatic carbocycles. The van der Waals surface area contributed by atoms with Gasteiger partial charge in [-0.15, -0.1) is 0 Å². The van der Waals surface area contributed by atoms with Gasteiger partial charge >= 0.3 is 0 Å². The van der Waals surface area contributed by atoms with Crippen molar-refractivity contribution in [3.05, 3.63) is 40.4 Å². The van der Waals surface area contributed by atoms with Crippen LogP contribution in [0, 0.1) is 0 Å². The maximum Gasteiger partial charge on any atom is 0.150 e. The molecule has 0 aliphatic heterocycles. The number of hydrogen-bond acceptors (Lipinski definition) is 3. The molecule has 2 N–H and O–H groups in total. The summed E-state index contributed by atoms with van der Waals surface area (Å²) >= 11 is 6.17. The maximum atomic E-state index is 6.17. The minimum atomic E-state index is 0.571. The highest BCUT2D eigenvalue weighted by atomic mass is 35.5. The number of aromatic nitrogens is 3. The van der Waals surface area contributed by atoms with Gasteiger partial charge in [-0.05, 0) is 12.1 Å². The average Bonchev–Trinajstić information content (AvgIpc) is 2.76. The Morgan fingerprint density at radius 3 is 2.67 bits per heavy atom. The fourth-order valence-electron chi connectivity index (χ4n) is 1.86. The van der Waals surface area contributed by atoms with Crippen LogP contribution in [0.25, 0.3) is 0 Å². The Balaban J connectivity index is 2.36. The van der Waals surface area contributed by atoms with Gasteiger partial charge in [0.1, 0.15) is 5.82 Å². The van der Waals surface area contributed by atoms with Crippen LogP contribution in [0.15, 0.2) is 18.2 Å². The Morgan fingerprint density at radius 2 is 2.06 bits per heavy atom. The minimum Gasteiger partial charge on any atom is -0.398 e. The summed E-state index contributed by atoms with van der Waals surface area (Å²) in [6.45, 7) is 4.68. The summed E-state index contributed by atoms with van der Waals surface area (Å²) < 4.78 is 1.89. The van der Waals surface area contributed by atoms with Gasteiger partial charge in [-0.25, -0.2) is 9.67 Å². The van der Waals surface area contributed by atoms with Crippen LogP contribution in [0.2, 0.25) is 5.02 Å². The third-order valence-corrected chi connectivity index (χ3v) is 3.24. The van der Waals surface area contributed by atoms with E-state index in [2.05, 4.69) is 17.0 Å². The third kappa shape index (κ3) is 2.48. The van der Waals surface area contributed by atoms with Crippen molar-refractivity contribution in [2.75, 3.05) is 5.73 Å². The molecule has 0 saturated carbocycles. The monoisotopic (exact) mass is 264 g/mol. The molecule has 0 atom stereocenters. The molecule has 0 spiro atoms. The van der Waals surface area contributed by atoms with Crippen LogP contribution in [0.3, 0.4) is 0 Å². The SMILES string of the molecule is CCc1nc(CC)n(Cc2c(N)cccc2Cl)n1. The number of aryl methyl sites for hydroxylation is 2. The van der Waals surface area contributed by atoms with Crippen LogP contribution in [0.1, 0.15) is 31.1 Å². The molecule has 0 unspecified atom stereocenters. The molecule has 0 aliphatic carbocycles. The number of rotatable bonds is 4. The summed E-state index contributed by atoms with van der Waals surface area (Å²) in [5.74, 6) is 1.82. The Bertz CT molecular complexity index is 528. The zero-order valence-electron chi connectivity index (χ0n) is 10.7. The highest BCUT2D eigenvalue weighted by molar-refractivity contribution is 6.31. The molecule has 5 heteroatoms. The molecule has 2 rings (SSSR count). The predicted molar refractivity (Wildman–Crippen MR) is 73.7 cm³/mol. The molecular formula is C13H17ClN4. The summed E-state index contributed by atoms with van der Waals surface area (Å²) in [5, 5.41) is 5.14. The lowest BCUT2D eigenvalue weighted by molar-refractivity contribution is 0.638. The lowest BCUT2D eigenvalue weighted by Crippen LogP contribution is -2.08. The van der Waals surface area contributed by atoms with Crippen LogP contribution >= 0.6 is 11.6 Å². The number of nitrogens with two attached hydrogens (primary N) is 1. The molecule has 1 aromatic heterocycles. The van der Waals surface area contributed by atoms with Gasteiger partial charge in [-0.1, -0.05) is 31.5 Å². The average molecular weight is 265 g/mol. The first-order chi connectivity index (χ1) is 8.65. The molecular weight excluding hydrogens is 248 g/mol. The van der Waals surface area contributed by atoms with Gasteiger partial charge in [0.2, 0.25) is 0 Å². The zero-order valence-corrected chi connectivity index (χ0v) is 11.4. The van der Waals surface area contributed by atoms with Crippen molar-refractivity contribution in [2.45, 2.75) is 33.2 Å². The van der Waals surface area contributed by atoms with Gasteiger partial charge in [0.05, 0.1) is 6.54 Å². The van der Waals surface area contributed by atoms with Gasteiger partial charge in [0, 0.05) is 29.1 Å². The molecule has 1 heterocycles. The second kappa shape index (κ2) is 5.40. The van der Waals surface area contributed by atoms with E-state index in [4.69, 9.17) is 17.3 Å². The van der Waals surface area contributed by atoms with Crippen LogP contribution in [-0.2, 0) is 19.4 Å². The summed E-state index contributed by atoms with van der Waals surface area (Å²) in [5.41, 5.74) is 7.55. The largest absolute Gasteiger partial charge is 0.398 e. The predicted octanol–water partition coefficient (Wildman–Crippen LogP) is 2.69. The molecule has 0 radical (unpaired) electrons. The zero-order chi connectivity index (χ0) is 13.1. The van der Waals surface area contributed by atoms with Gasteiger partial charge in [-0.3, -0.25) is 0 Å². The molecule has 2 aromatic rings. The fraction of sp³-hybridized carbons (Fsp3) is 0.385. The van der Waals surface area contributed by atoms with Gasteiger partial charge < -0.3 is 5.73 Å². The standard InChI is InChI=1S/C13H17ClN4/c1-3-12-16-13(4-2)18(17-12)8-9-10(14)6-5-7-11(9)15/h5-7H,3-4,8,15H2,1-2H3. The number of anilines is 1. The number of halogens is 1. The van der Waals surface area contributed by atoms with Gasteiger partial charge in [0.25, 0.3) is 0 Å². The molecule has 18 heavy (non-hydrogen) atoms. The second-order valence-corrected chi connectivity index (χ2v) is 4.52. The number of nitrogen functional groups attached to an aromatic ring is 1. The summed E-state index contributed by atoms with van der Waals surface area (Å²) in [6.07, 6.45) is 1.68. The van der Waals surface area contributed by atoms with Crippen molar-refractivity contribution in [3.8, 4) is 0 Å². The lowest BCUT2D eigenvalue weighted by atomic mass is 10.2. The van der Waals surface area contributed by atoms with Crippen molar-refractivity contribution < 1.29 is 0 Å². The maximum absolute atomic E-state index is 6.17. The number of nitrogens with zero attached hydrogens (tertiary/aromatic N) is 3. The molecule has 0 aliphatic rings. The summed E-state index contributed by atoms with van der Waals surface area (Å²) in [4.78, 5) is 4.47. The van der Waals surface area contributed by atoms with E-state index in [0.29, 0.717) is 17.3 Å². The van der Waals surface area contributed by atoms with Crippen molar-refractivity contribution in [1.29, 1.82) is 0 Å². The van der Waals surface area contributed by atoms with Gasteiger partial charge in [0.15, 0.2) is 5.82 Å². The normalized spacial score (nSPS) is 10.8. The molecule has 96 valence electrons. The van der Waals surface area contributed by atoms with Crippen LogP contribution in [0.5, 0.6) is 0 Å². The van der Waals surface area contributed by atoms with Crippen LogP contribution in [-0.4, -0.2) is 14.8 Å². The first-order valence-electron chi connectivity index (χ1n) is 6.11. The van der Waals surface area contributed by atoms with E-state index in [0.717, 1.165) is 30.1 Å². The molecule has 0 bridgehead atoms. The highest BCUT2D eigenvalue weighted by Crippen LogP contribution is 2.23. The van der Waals surface area contributed by atoms with Crippen molar-refractivity contribution in [2.24, 2.45) is 0 Å². The van der Waals surface area contributed by atoms with E-state index in [1.807, 2.05) is 29.8 Å². The lowest BCUT2D eigenvalue weighted by Gasteiger charge is -2.09. The van der Waals surface area contributed by atoms with Crippen molar-refractivity contribution in [3.63, 3.8) is 0 Å². The van der Waals surface area contributed by atoms with Crippen molar-refractivity contribution >= 4 is 17.3 Å². The van der Waals surface area contributed by atoms with E-state index in [1.54, 1.807) is 0 Å². The van der Waals surface area contributed by atoms with E-state index < -0.39 is 0 Å². The van der Waals surface area contributed by atoms with Crippen LogP contribution < -0.4 is 5.73 Å². The van der Waals surface area contributed by atoms with E-state index in [1.165, 1.54) is 0 Å². The Kier molecular flexibility index (Phi) is 3.87. The van der Waals surface area contributed by atoms with Crippen LogP contribution in [0.4, 0.5) is 5.69 Å². The Hall–Kier alpha value is -1.55. The second-order valence-electron chi connectivity index (χ2n) is 4.12. The molecule has 0 saturated heterocycles. The van der Waals surface area contributed by atoms with E-state index in [9.17, 15) is 0 Å². The topological polar surface area (TPSA) is 56.7 Å². The van der Waals surface area contributed by atoms with E-state index in [-0.39, 0.29) is 0 Å². The molecule has 0 amide bonds. The van der Waals surface area contributed by atoms with Gasteiger partial charge in [-0.2, -0.15) is 5.10 Å². The summed E-state index contributed by atoms with van der Waals surface area (Å²) in [7, 11) is 0. The number of hydrogen-bond donors (Lipinski definition) is 1. The Labute approximate surface area is 112 Å². The van der Waals surface area contributed by atoms with Crippen molar-refractivity contribution in [1.82, 2.24) is 14.8 Å². The quantitative estimate of drug-likeness (QED) is 0.864. The first kappa shape index (κ1) is 12.9. The van der Waals surface area contributed by atoms with E-state index >= 15 is 0 Å². The third-order valence-electron chi connectivity index (χ3n) is 2.89. The molecule has 4 nitrogen and oxygen atoms in total. The smallest absolute Gasteiger partial charge is 0.150 e. The first-order valence-corrected chi connectivity index (χ1v) is 6.49. The minimum absolute atomic E-state index is 0.571. The molecule has 0 fully saturated rings. The Morgan fingerprint density at radius 1 is 1.28 bits per heavy atom. The fourth-order valence-corrected chi connectivity index (χ4v) is 2.10.